The van der Waals surface area contributed by atoms with E-state index in [1.54, 1.807) is 0 Å². The number of carbonyl (C=O) groups excluding carboxylic acids is 1. The van der Waals surface area contributed by atoms with Gasteiger partial charge in [-0.1, -0.05) is 60.7 Å². The average molecular weight is 435 g/mol. The summed E-state index contributed by atoms with van der Waals surface area (Å²) in [5, 5.41) is 16.0. The fourth-order valence-electron chi connectivity index (χ4n) is 4.24. The van der Waals surface area contributed by atoms with Crippen molar-refractivity contribution in [3.05, 3.63) is 78.4 Å². The molecule has 7 heteroatoms. The van der Waals surface area contributed by atoms with Crippen LogP contribution in [0.5, 0.6) is 5.75 Å². The van der Waals surface area contributed by atoms with Crippen LogP contribution in [0.1, 0.15) is 18.8 Å². The number of hydrogen-bond acceptors (Lipinski definition) is 6. The third-order valence-electron chi connectivity index (χ3n) is 5.78. The van der Waals surface area contributed by atoms with E-state index in [9.17, 15) is 9.90 Å². The number of hydrogen-bond donors (Lipinski definition) is 2. The summed E-state index contributed by atoms with van der Waals surface area (Å²) in [4.78, 5) is 11.9. The molecule has 3 aromatic rings. The second-order valence-electron chi connectivity index (χ2n) is 8.06. The van der Waals surface area contributed by atoms with Crippen molar-refractivity contribution >= 4 is 16.7 Å². The van der Waals surface area contributed by atoms with Crippen LogP contribution in [-0.4, -0.2) is 48.3 Å². The first-order valence-electron chi connectivity index (χ1n) is 10.7. The van der Waals surface area contributed by atoms with Crippen molar-refractivity contribution in [1.82, 2.24) is 5.32 Å². The van der Waals surface area contributed by atoms with Crippen molar-refractivity contribution in [1.29, 1.82) is 0 Å². The monoisotopic (exact) mass is 435 g/mol. The topological polar surface area (TPSA) is 86.3 Å². The summed E-state index contributed by atoms with van der Waals surface area (Å²) in [7, 11) is 0. The average Bonchev–Trinajstić information content (AvgIpc) is 2.82. The van der Waals surface area contributed by atoms with Crippen LogP contribution in [0.15, 0.2) is 72.8 Å². The Balaban J connectivity index is 1.37. The molecule has 2 aliphatic rings. The molecular formula is C25H25NO6. The number of nitrogens with one attached hydrogen (secondary N) is 1. The molecule has 0 aliphatic carbocycles. The zero-order valence-corrected chi connectivity index (χ0v) is 17.6. The Morgan fingerprint density at radius 2 is 1.75 bits per heavy atom. The molecule has 0 radical (unpaired) electrons. The summed E-state index contributed by atoms with van der Waals surface area (Å²) >= 11 is 0. The minimum atomic E-state index is -1.04. The summed E-state index contributed by atoms with van der Waals surface area (Å²) < 4.78 is 24.1. The molecule has 3 aromatic carbocycles. The van der Waals surface area contributed by atoms with Crippen LogP contribution in [0.4, 0.5) is 0 Å². The second kappa shape index (κ2) is 8.88. The first kappa shape index (κ1) is 20.9. The minimum Gasteiger partial charge on any atom is -0.463 e. The Morgan fingerprint density at radius 1 is 1.00 bits per heavy atom. The van der Waals surface area contributed by atoms with Gasteiger partial charge in [0, 0.05) is 12.5 Å². The van der Waals surface area contributed by atoms with E-state index in [0.717, 1.165) is 16.3 Å². The molecular weight excluding hydrogens is 410 g/mol. The molecule has 0 saturated carbocycles. The molecule has 0 spiro atoms. The van der Waals surface area contributed by atoms with Crippen LogP contribution in [0, 0.1) is 0 Å². The lowest BCUT2D eigenvalue weighted by Gasteiger charge is -2.47. The zero-order chi connectivity index (χ0) is 22.1. The van der Waals surface area contributed by atoms with Crippen molar-refractivity contribution in [2.45, 2.75) is 43.9 Å². The van der Waals surface area contributed by atoms with Crippen LogP contribution in [0.3, 0.4) is 0 Å². The van der Waals surface area contributed by atoms with Gasteiger partial charge in [-0.3, -0.25) is 4.79 Å². The number of aliphatic hydroxyl groups excluding tert-OH is 1. The molecule has 2 saturated heterocycles. The Kier molecular flexibility index (Phi) is 5.80. The van der Waals surface area contributed by atoms with Gasteiger partial charge in [0.25, 0.3) is 0 Å². The molecule has 2 aliphatic heterocycles. The van der Waals surface area contributed by atoms with Crippen LogP contribution in [-0.2, 0) is 19.0 Å². The normalized spacial score (nSPS) is 29.8. The number of benzene rings is 3. The molecule has 7 nitrogen and oxygen atoms in total. The Bertz CT molecular complexity index is 1090. The number of fused-ring (bicyclic) bond motifs is 2. The first-order valence-corrected chi connectivity index (χ1v) is 10.7. The number of carbonyl (C=O) groups is 1. The van der Waals surface area contributed by atoms with E-state index in [4.69, 9.17) is 18.9 Å². The lowest BCUT2D eigenvalue weighted by atomic mass is 9.95. The highest BCUT2D eigenvalue weighted by molar-refractivity contribution is 5.83. The van der Waals surface area contributed by atoms with E-state index < -0.39 is 36.9 Å². The van der Waals surface area contributed by atoms with Crippen LogP contribution < -0.4 is 10.1 Å². The van der Waals surface area contributed by atoms with Gasteiger partial charge in [-0.15, -0.1) is 0 Å². The van der Waals surface area contributed by atoms with E-state index in [-0.39, 0.29) is 12.5 Å². The van der Waals surface area contributed by atoms with E-state index in [1.807, 2.05) is 72.8 Å². The second-order valence-corrected chi connectivity index (χ2v) is 8.06. The van der Waals surface area contributed by atoms with Gasteiger partial charge in [0.05, 0.1) is 6.61 Å². The van der Waals surface area contributed by atoms with E-state index in [1.165, 1.54) is 6.92 Å². The van der Waals surface area contributed by atoms with E-state index in [2.05, 4.69) is 5.32 Å². The highest BCUT2D eigenvalue weighted by Gasteiger charge is 2.50. The van der Waals surface area contributed by atoms with E-state index in [0.29, 0.717) is 5.75 Å². The summed E-state index contributed by atoms with van der Waals surface area (Å²) in [5.74, 6) is 0.282. The van der Waals surface area contributed by atoms with Crippen molar-refractivity contribution in [2.75, 3.05) is 6.61 Å². The molecule has 2 fully saturated rings. The van der Waals surface area contributed by atoms with Crippen LogP contribution >= 0.6 is 0 Å². The van der Waals surface area contributed by atoms with Gasteiger partial charge in [-0.2, -0.15) is 0 Å². The van der Waals surface area contributed by atoms with Gasteiger partial charge >= 0.3 is 0 Å². The maximum atomic E-state index is 11.9. The number of ether oxygens (including phenoxy) is 4. The van der Waals surface area contributed by atoms with Gasteiger partial charge in [-0.25, -0.2) is 0 Å². The summed E-state index contributed by atoms with van der Waals surface area (Å²) in [6, 6.07) is 22.3. The highest BCUT2D eigenvalue weighted by Crippen LogP contribution is 2.35. The van der Waals surface area contributed by atoms with E-state index >= 15 is 0 Å². The van der Waals surface area contributed by atoms with Gasteiger partial charge in [-0.05, 0) is 22.9 Å². The molecule has 0 bridgehead atoms. The summed E-state index contributed by atoms with van der Waals surface area (Å²) in [5.41, 5.74) is 0.851. The first-order chi connectivity index (χ1) is 15.6. The summed E-state index contributed by atoms with van der Waals surface area (Å²) in [6.07, 6.45) is -3.79. The van der Waals surface area contributed by atoms with Gasteiger partial charge in [0.15, 0.2) is 6.29 Å². The van der Waals surface area contributed by atoms with Crippen LogP contribution in [0.25, 0.3) is 10.8 Å². The highest BCUT2D eigenvalue weighted by atomic mass is 16.7. The number of aliphatic hydroxyl groups is 1. The molecule has 2 heterocycles. The van der Waals surface area contributed by atoms with Gasteiger partial charge in [0.2, 0.25) is 12.2 Å². The molecule has 2 N–H and O–H groups in total. The summed E-state index contributed by atoms with van der Waals surface area (Å²) in [6.45, 7) is 1.62. The smallest absolute Gasteiger partial charge is 0.223 e. The third-order valence-corrected chi connectivity index (χ3v) is 5.78. The standard InChI is InChI=1S/C25H25NO6/c1-15(27)26-21-22(28)23-20(14-29-24(32-23)17-8-3-2-4-9-17)31-25(21)30-19-12-11-16-7-5-6-10-18(16)13-19/h2-13,20-25,28H,14H2,1H3,(H,26,27). The molecule has 5 rings (SSSR count). The Hall–Kier alpha value is -2.97. The largest absolute Gasteiger partial charge is 0.463 e. The molecule has 0 aromatic heterocycles. The lowest BCUT2D eigenvalue weighted by molar-refractivity contribution is -0.333. The Labute approximate surface area is 185 Å². The Morgan fingerprint density at radius 3 is 2.53 bits per heavy atom. The fourth-order valence-corrected chi connectivity index (χ4v) is 4.24. The maximum absolute atomic E-state index is 11.9. The van der Waals surface area contributed by atoms with Crippen molar-refractivity contribution in [3.8, 4) is 5.75 Å². The van der Waals surface area contributed by atoms with Gasteiger partial charge < -0.3 is 29.4 Å². The van der Waals surface area contributed by atoms with Crippen molar-refractivity contribution in [2.24, 2.45) is 0 Å². The SMILES string of the molecule is CC(=O)NC1C(Oc2ccc3ccccc3c2)OC2COC(c3ccccc3)OC2C1O. The maximum Gasteiger partial charge on any atom is 0.223 e. The number of rotatable bonds is 4. The van der Waals surface area contributed by atoms with Crippen LogP contribution in [0.2, 0.25) is 0 Å². The minimum absolute atomic E-state index is 0.228. The quantitative estimate of drug-likeness (QED) is 0.656. The van der Waals surface area contributed by atoms with Crippen molar-refractivity contribution < 1.29 is 28.8 Å². The van der Waals surface area contributed by atoms with Crippen molar-refractivity contribution in [3.63, 3.8) is 0 Å². The molecule has 32 heavy (non-hydrogen) atoms. The molecule has 6 atom stereocenters. The predicted octanol–water partition coefficient (Wildman–Crippen LogP) is 2.92. The lowest BCUT2D eigenvalue weighted by Crippen LogP contribution is -2.67. The van der Waals surface area contributed by atoms with Gasteiger partial charge in [0.1, 0.15) is 30.1 Å². The predicted molar refractivity (Wildman–Crippen MR) is 117 cm³/mol. The molecule has 166 valence electrons. The fraction of sp³-hybridized carbons (Fsp3) is 0.320. The third kappa shape index (κ3) is 4.20. The zero-order valence-electron chi connectivity index (χ0n) is 17.6. The number of amides is 1. The molecule has 6 unspecified atom stereocenters. The molecule has 1 amide bonds.